The van der Waals surface area contributed by atoms with E-state index in [2.05, 4.69) is 28.8 Å². The number of thiazole rings is 1. The third-order valence-corrected chi connectivity index (χ3v) is 5.86. The minimum Gasteiger partial charge on any atom is -0.337 e. The second-order valence-corrected chi connectivity index (χ2v) is 7.30. The summed E-state index contributed by atoms with van der Waals surface area (Å²) in [5.74, 6) is 0.815. The van der Waals surface area contributed by atoms with Crippen LogP contribution in [0, 0.1) is 5.92 Å². The number of nitrogens with zero attached hydrogens (tertiary/aromatic N) is 4. The van der Waals surface area contributed by atoms with Gasteiger partial charge in [-0.1, -0.05) is 0 Å². The zero-order valence-corrected chi connectivity index (χ0v) is 14.4. The van der Waals surface area contributed by atoms with Crippen LogP contribution in [0.3, 0.4) is 0 Å². The molecule has 0 unspecified atom stereocenters. The Hall–Kier alpha value is -0.980. The van der Waals surface area contributed by atoms with Gasteiger partial charge in [0.1, 0.15) is 5.69 Å². The number of likely N-dealkylation sites (tertiary alicyclic amines) is 1. The second kappa shape index (κ2) is 7.06. The van der Waals surface area contributed by atoms with Gasteiger partial charge in [-0.15, -0.1) is 11.3 Å². The van der Waals surface area contributed by atoms with Crippen LogP contribution in [0.2, 0.25) is 0 Å². The molecule has 0 bridgehead atoms. The molecular weight excluding hydrogens is 296 g/mol. The predicted octanol–water partition coefficient (Wildman–Crippen LogP) is 1.63. The van der Waals surface area contributed by atoms with Gasteiger partial charge in [0.2, 0.25) is 0 Å². The number of carbonyl (C=O) groups is 1. The molecular formula is C16H26N4OS. The van der Waals surface area contributed by atoms with E-state index >= 15 is 0 Å². The maximum atomic E-state index is 12.3. The largest absolute Gasteiger partial charge is 0.337 e. The van der Waals surface area contributed by atoms with Gasteiger partial charge in [0, 0.05) is 50.7 Å². The first-order valence-electron chi connectivity index (χ1n) is 8.25. The normalized spacial score (nSPS) is 23.6. The molecule has 2 aliphatic heterocycles. The summed E-state index contributed by atoms with van der Waals surface area (Å²) >= 11 is 1.49. The Morgan fingerprint density at radius 3 is 2.50 bits per heavy atom. The molecule has 3 rings (SSSR count). The van der Waals surface area contributed by atoms with Gasteiger partial charge in [0.05, 0.1) is 5.51 Å². The van der Waals surface area contributed by atoms with Gasteiger partial charge >= 0.3 is 0 Å². The molecule has 1 aromatic rings. The average molecular weight is 322 g/mol. The third-order valence-electron chi connectivity index (χ3n) is 5.27. The van der Waals surface area contributed by atoms with Gasteiger partial charge in [-0.3, -0.25) is 9.69 Å². The fourth-order valence-corrected chi connectivity index (χ4v) is 4.12. The standard InChI is InChI=1S/C16H26N4OS/c1-13(19-9-7-18(2)8-10-19)14-3-5-20(6-4-14)16(21)15-11-22-12-17-15/h11-14H,3-10H2,1-2H3/t13-/m1/s1. The summed E-state index contributed by atoms with van der Waals surface area (Å²) in [4.78, 5) is 23.5. The molecule has 122 valence electrons. The third kappa shape index (κ3) is 3.50. The monoisotopic (exact) mass is 322 g/mol. The number of rotatable bonds is 3. The van der Waals surface area contributed by atoms with E-state index in [0.29, 0.717) is 17.7 Å². The first-order chi connectivity index (χ1) is 10.6. The molecule has 5 nitrogen and oxygen atoms in total. The summed E-state index contributed by atoms with van der Waals surface area (Å²) < 4.78 is 0. The molecule has 2 fully saturated rings. The van der Waals surface area contributed by atoms with Gasteiger partial charge in [-0.25, -0.2) is 4.98 Å². The minimum atomic E-state index is 0.104. The molecule has 2 aliphatic rings. The van der Waals surface area contributed by atoms with E-state index in [1.54, 1.807) is 5.51 Å². The lowest BCUT2D eigenvalue weighted by molar-refractivity contribution is 0.0497. The van der Waals surface area contributed by atoms with E-state index < -0.39 is 0 Å². The first-order valence-corrected chi connectivity index (χ1v) is 9.19. The van der Waals surface area contributed by atoms with E-state index in [0.717, 1.165) is 25.9 Å². The molecule has 0 N–H and O–H groups in total. The van der Waals surface area contributed by atoms with E-state index in [9.17, 15) is 4.79 Å². The van der Waals surface area contributed by atoms with Crippen LogP contribution in [-0.4, -0.2) is 77.9 Å². The number of aromatic nitrogens is 1. The topological polar surface area (TPSA) is 39.7 Å². The highest BCUT2D eigenvalue weighted by Crippen LogP contribution is 2.25. The van der Waals surface area contributed by atoms with Gasteiger partial charge in [0.15, 0.2) is 0 Å². The number of hydrogen-bond donors (Lipinski definition) is 0. The van der Waals surface area contributed by atoms with E-state index in [-0.39, 0.29) is 5.91 Å². The Labute approximate surface area is 136 Å². The molecule has 1 aromatic heterocycles. The smallest absolute Gasteiger partial charge is 0.273 e. The van der Waals surface area contributed by atoms with Crippen LogP contribution >= 0.6 is 11.3 Å². The maximum absolute atomic E-state index is 12.3. The van der Waals surface area contributed by atoms with Crippen molar-refractivity contribution >= 4 is 17.2 Å². The minimum absolute atomic E-state index is 0.104. The highest BCUT2D eigenvalue weighted by Gasteiger charge is 2.31. The van der Waals surface area contributed by atoms with Crippen LogP contribution in [0.25, 0.3) is 0 Å². The fraction of sp³-hybridized carbons (Fsp3) is 0.750. The quantitative estimate of drug-likeness (QED) is 0.848. The number of piperazine rings is 1. The molecule has 0 saturated carbocycles. The lowest BCUT2D eigenvalue weighted by Gasteiger charge is -2.42. The van der Waals surface area contributed by atoms with Crippen molar-refractivity contribution in [3.05, 3.63) is 16.6 Å². The van der Waals surface area contributed by atoms with Crippen molar-refractivity contribution in [1.29, 1.82) is 0 Å². The number of carbonyl (C=O) groups excluding carboxylic acids is 1. The first kappa shape index (κ1) is 15.9. The Morgan fingerprint density at radius 1 is 1.23 bits per heavy atom. The highest BCUT2D eigenvalue weighted by atomic mass is 32.1. The van der Waals surface area contributed by atoms with E-state index in [1.807, 2.05) is 10.3 Å². The zero-order valence-electron chi connectivity index (χ0n) is 13.6. The van der Waals surface area contributed by atoms with Crippen LogP contribution in [0.1, 0.15) is 30.3 Å². The number of likely N-dealkylation sites (N-methyl/N-ethyl adjacent to an activating group) is 1. The van der Waals surface area contributed by atoms with Crippen LogP contribution in [0.5, 0.6) is 0 Å². The van der Waals surface area contributed by atoms with Crippen molar-refractivity contribution in [1.82, 2.24) is 19.7 Å². The van der Waals surface area contributed by atoms with Crippen molar-refractivity contribution in [2.24, 2.45) is 5.92 Å². The molecule has 6 heteroatoms. The van der Waals surface area contributed by atoms with E-state index in [1.165, 1.54) is 37.5 Å². The summed E-state index contributed by atoms with van der Waals surface area (Å²) in [6.07, 6.45) is 2.23. The van der Waals surface area contributed by atoms with Crippen LogP contribution in [-0.2, 0) is 0 Å². The Kier molecular flexibility index (Phi) is 5.10. The van der Waals surface area contributed by atoms with Gasteiger partial charge in [0.25, 0.3) is 5.91 Å². The molecule has 1 atom stereocenters. The van der Waals surface area contributed by atoms with Crippen LogP contribution in [0.4, 0.5) is 0 Å². The summed E-state index contributed by atoms with van der Waals surface area (Å²) in [5, 5.41) is 1.85. The summed E-state index contributed by atoms with van der Waals surface area (Å²) in [6, 6.07) is 0.630. The van der Waals surface area contributed by atoms with Crippen molar-refractivity contribution in [3.63, 3.8) is 0 Å². The average Bonchev–Trinajstić information content (AvgIpc) is 3.09. The highest BCUT2D eigenvalue weighted by molar-refractivity contribution is 7.07. The number of amides is 1. The van der Waals surface area contributed by atoms with Gasteiger partial charge < -0.3 is 9.80 Å². The number of piperidine rings is 1. The lowest BCUT2D eigenvalue weighted by atomic mass is 9.89. The van der Waals surface area contributed by atoms with Gasteiger partial charge in [-0.2, -0.15) is 0 Å². The summed E-state index contributed by atoms with van der Waals surface area (Å²) in [6.45, 7) is 8.81. The molecule has 1 amide bonds. The van der Waals surface area contributed by atoms with Crippen molar-refractivity contribution in [3.8, 4) is 0 Å². The zero-order chi connectivity index (χ0) is 15.5. The maximum Gasteiger partial charge on any atom is 0.273 e. The molecule has 0 radical (unpaired) electrons. The SMILES string of the molecule is C[C@H](C1CCN(C(=O)c2cscn2)CC1)N1CCN(C)CC1. The molecule has 0 aromatic carbocycles. The number of hydrogen-bond acceptors (Lipinski definition) is 5. The summed E-state index contributed by atoms with van der Waals surface area (Å²) in [7, 11) is 2.20. The molecule has 2 saturated heterocycles. The second-order valence-electron chi connectivity index (χ2n) is 6.58. The van der Waals surface area contributed by atoms with Crippen molar-refractivity contribution < 1.29 is 4.79 Å². The van der Waals surface area contributed by atoms with Crippen LogP contribution < -0.4 is 0 Å². The van der Waals surface area contributed by atoms with Crippen LogP contribution in [0.15, 0.2) is 10.9 Å². The Morgan fingerprint density at radius 2 is 1.91 bits per heavy atom. The molecule has 22 heavy (non-hydrogen) atoms. The van der Waals surface area contributed by atoms with Crippen molar-refractivity contribution in [2.45, 2.75) is 25.8 Å². The predicted molar refractivity (Wildman–Crippen MR) is 89.3 cm³/mol. The lowest BCUT2D eigenvalue weighted by Crippen LogP contribution is -2.52. The van der Waals surface area contributed by atoms with Crippen molar-refractivity contribution in [2.75, 3.05) is 46.3 Å². The Balaban J connectivity index is 1.50. The molecule has 0 spiro atoms. The molecule has 3 heterocycles. The van der Waals surface area contributed by atoms with E-state index in [4.69, 9.17) is 0 Å². The van der Waals surface area contributed by atoms with Gasteiger partial charge in [-0.05, 0) is 32.7 Å². The summed E-state index contributed by atoms with van der Waals surface area (Å²) in [5.41, 5.74) is 2.34. The molecule has 0 aliphatic carbocycles. The fourth-order valence-electron chi connectivity index (χ4n) is 3.59. The Bertz CT molecular complexity index is 476.